The van der Waals surface area contributed by atoms with Crippen molar-refractivity contribution in [1.29, 1.82) is 0 Å². The van der Waals surface area contributed by atoms with Gasteiger partial charge in [0.1, 0.15) is 0 Å². The lowest BCUT2D eigenvalue weighted by atomic mass is 9.68. The van der Waals surface area contributed by atoms with Crippen LogP contribution in [0.4, 0.5) is 13.2 Å². The van der Waals surface area contributed by atoms with E-state index in [0.717, 1.165) is 37.8 Å². The van der Waals surface area contributed by atoms with Gasteiger partial charge < -0.3 is 4.90 Å². The summed E-state index contributed by atoms with van der Waals surface area (Å²) in [6, 6.07) is 4.61. The Morgan fingerprint density at radius 2 is 1.65 bits per heavy atom. The second-order valence-electron chi connectivity index (χ2n) is 11.3. The summed E-state index contributed by atoms with van der Waals surface area (Å²) in [4.78, 5) is 43.6. The predicted octanol–water partition coefficient (Wildman–Crippen LogP) is 4.29. The Kier molecular flexibility index (Phi) is 4.91. The summed E-state index contributed by atoms with van der Waals surface area (Å²) in [5.74, 6) is 0.639. The van der Waals surface area contributed by atoms with Gasteiger partial charge in [-0.05, 0) is 74.3 Å². The Bertz CT molecular complexity index is 1040. The molecule has 3 heterocycles. The molecule has 7 rings (SSSR count). The lowest BCUT2D eigenvalue weighted by Gasteiger charge is -2.39. The summed E-state index contributed by atoms with van der Waals surface area (Å²) in [6.45, 7) is 0.656. The molecule has 0 aromatic heterocycles. The fraction of sp³-hybridized carbons (Fsp3) is 0.654. The second kappa shape index (κ2) is 7.56. The number of hydrogen-bond donors (Lipinski definition) is 0. The van der Waals surface area contributed by atoms with Crippen molar-refractivity contribution in [3.8, 4) is 0 Å². The molecule has 6 aliphatic rings. The highest BCUT2D eigenvalue weighted by Crippen LogP contribution is 2.49. The second-order valence-corrected chi connectivity index (χ2v) is 11.3. The van der Waals surface area contributed by atoms with Gasteiger partial charge in [0.15, 0.2) is 0 Å². The third kappa shape index (κ3) is 3.55. The first-order chi connectivity index (χ1) is 16.1. The zero-order valence-corrected chi connectivity index (χ0v) is 19.0. The molecule has 3 saturated carbocycles. The van der Waals surface area contributed by atoms with E-state index >= 15 is 0 Å². The van der Waals surface area contributed by atoms with E-state index in [4.69, 9.17) is 0 Å². The van der Waals surface area contributed by atoms with Crippen LogP contribution >= 0.6 is 0 Å². The first-order valence-electron chi connectivity index (χ1n) is 12.5. The minimum Gasteiger partial charge on any atom is -0.339 e. The monoisotopic (exact) mass is 474 g/mol. The van der Waals surface area contributed by atoms with E-state index in [9.17, 15) is 27.6 Å². The fourth-order valence-electron chi connectivity index (χ4n) is 7.37. The number of carbonyl (C=O) groups is 3. The number of imide groups is 1. The summed E-state index contributed by atoms with van der Waals surface area (Å²) < 4.78 is 40.6. The van der Waals surface area contributed by atoms with E-state index in [-0.39, 0.29) is 42.3 Å². The number of carbonyl (C=O) groups excluding carboxylic acids is 3. The molecule has 3 amide bonds. The third-order valence-corrected chi connectivity index (χ3v) is 8.88. The zero-order chi connectivity index (χ0) is 23.8. The first-order valence-corrected chi connectivity index (χ1v) is 12.5. The van der Waals surface area contributed by atoms with E-state index in [1.807, 2.05) is 4.90 Å². The lowest BCUT2D eigenvalue weighted by molar-refractivity contribution is -0.144. The number of halogens is 3. The number of likely N-dealkylation sites (tertiary alicyclic amines) is 1. The van der Waals surface area contributed by atoms with Crippen LogP contribution < -0.4 is 0 Å². The van der Waals surface area contributed by atoms with E-state index in [1.165, 1.54) is 23.5 Å². The molecular weight excluding hydrogens is 445 g/mol. The average molecular weight is 475 g/mol. The van der Waals surface area contributed by atoms with Gasteiger partial charge in [-0.3, -0.25) is 19.3 Å². The Labute approximate surface area is 196 Å². The molecule has 1 aromatic carbocycles. The number of nitrogens with zero attached hydrogens (tertiary/aromatic N) is 2. The van der Waals surface area contributed by atoms with Gasteiger partial charge in [-0.25, -0.2) is 0 Å². The van der Waals surface area contributed by atoms with Crippen molar-refractivity contribution in [2.75, 3.05) is 6.54 Å². The quantitative estimate of drug-likeness (QED) is 0.612. The van der Waals surface area contributed by atoms with Crippen LogP contribution in [0.1, 0.15) is 68.9 Å². The predicted molar refractivity (Wildman–Crippen MR) is 116 cm³/mol. The Hall–Kier alpha value is -2.38. The molecule has 34 heavy (non-hydrogen) atoms. The number of amides is 3. The summed E-state index contributed by atoms with van der Waals surface area (Å²) in [6.07, 6.45) is 1.77. The van der Waals surface area contributed by atoms with Crippen molar-refractivity contribution in [2.45, 2.75) is 81.5 Å². The fourth-order valence-corrected chi connectivity index (χ4v) is 7.37. The number of rotatable bonds is 4. The average Bonchev–Trinajstić information content (AvgIpc) is 3.59. The minimum atomic E-state index is -4.58. The summed E-state index contributed by atoms with van der Waals surface area (Å²) in [7, 11) is 0. The smallest absolute Gasteiger partial charge is 0.339 e. The maximum absolute atomic E-state index is 13.8. The summed E-state index contributed by atoms with van der Waals surface area (Å²) in [5.41, 5.74) is -2.31. The first kappa shape index (κ1) is 22.1. The van der Waals surface area contributed by atoms with Crippen molar-refractivity contribution in [3.63, 3.8) is 0 Å². The number of benzene rings is 1. The molecule has 4 bridgehead atoms. The van der Waals surface area contributed by atoms with Crippen molar-refractivity contribution in [2.24, 2.45) is 17.8 Å². The molecule has 0 N–H and O–H groups in total. The topological polar surface area (TPSA) is 57.7 Å². The molecule has 0 spiro atoms. The number of hydrogen-bond acceptors (Lipinski definition) is 3. The van der Waals surface area contributed by atoms with Crippen LogP contribution in [-0.2, 0) is 26.0 Å². The van der Waals surface area contributed by atoms with Gasteiger partial charge in [0, 0.05) is 31.5 Å². The van der Waals surface area contributed by atoms with Crippen molar-refractivity contribution < 1.29 is 27.6 Å². The van der Waals surface area contributed by atoms with Gasteiger partial charge in [0.25, 0.3) is 0 Å². The molecule has 1 aromatic rings. The molecule has 3 aliphatic heterocycles. The minimum absolute atomic E-state index is 0.123. The van der Waals surface area contributed by atoms with Gasteiger partial charge in [-0.1, -0.05) is 18.2 Å². The summed E-state index contributed by atoms with van der Waals surface area (Å²) in [5, 5.41) is 0. The van der Waals surface area contributed by atoms with E-state index < -0.39 is 23.1 Å². The SMILES string of the molecule is O=C(CC1(c2cccc(C(F)(F)F)c2)CC(=O)N(C2CC2)C1=O)N1CC2CC3CC(C2)CC1C3. The van der Waals surface area contributed by atoms with Gasteiger partial charge >= 0.3 is 6.18 Å². The highest BCUT2D eigenvalue weighted by Gasteiger charge is 2.58. The van der Waals surface area contributed by atoms with Crippen molar-refractivity contribution in [1.82, 2.24) is 9.80 Å². The largest absolute Gasteiger partial charge is 0.416 e. The standard InChI is InChI=1S/C26H29F3N2O3/c27-26(28,29)19-3-1-2-18(11-19)25(13-23(33)31(24(25)34)20-4-5-20)12-22(32)30-14-17-7-15-6-16(8-17)10-21(30)9-15/h1-3,11,15-17,20-21H,4-10,12-14H2. The van der Waals surface area contributed by atoms with Crippen LogP contribution in [-0.4, -0.2) is 46.1 Å². The van der Waals surface area contributed by atoms with Crippen LogP contribution in [0.3, 0.4) is 0 Å². The Morgan fingerprint density at radius 3 is 2.29 bits per heavy atom. The Balaban J connectivity index is 1.36. The van der Waals surface area contributed by atoms with Crippen LogP contribution in [0.15, 0.2) is 24.3 Å². The van der Waals surface area contributed by atoms with E-state index in [0.29, 0.717) is 37.1 Å². The summed E-state index contributed by atoms with van der Waals surface area (Å²) >= 11 is 0. The molecule has 3 atom stereocenters. The molecule has 8 heteroatoms. The molecular formula is C26H29F3N2O3. The van der Waals surface area contributed by atoms with E-state index in [2.05, 4.69) is 0 Å². The normalized spacial score (nSPS) is 35.3. The molecule has 3 unspecified atom stereocenters. The Morgan fingerprint density at radius 1 is 0.971 bits per heavy atom. The molecule has 0 radical (unpaired) electrons. The molecule has 3 aliphatic carbocycles. The third-order valence-electron chi connectivity index (χ3n) is 8.88. The lowest BCUT2D eigenvalue weighted by Crippen LogP contribution is -2.47. The van der Waals surface area contributed by atoms with Crippen molar-refractivity contribution >= 4 is 17.7 Å². The van der Waals surface area contributed by atoms with Crippen LogP contribution in [0.25, 0.3) is 0 Å². The highest BCUT2D eigenvalue weighted by molar-refractivity contribution is 6.11. The van der Waals surface area contributed by atoms with Crippen LogP contribution in [0, 0.1) is 17.8 Å². The van der Waals surface area contributed by atoms with Gasteiger partial charge in [0.05, 0.1) is 11.0 Å². The van der Waals surface area contributed by atoms with Gasteiger partial charge in [0.2, 0.25) is 17.7 Å². The van der Waals surface area contributed by atoms with Gasteiger partial charge in [-0.2, -0.15) is 13.2 Å². The maximum Gasteiger partial charge on any atom is 0.416 e. The van der Waals surface area contributed by atoms with Gasteiger partial charge in [-0.15, -0.1) is 0 Å². The molecule has 6 fully saturated rings. The van der Waals surface area contributed by atoms with E-state index in [1.54, 1.807) is 0 Å². The van der Waals surface area contributed by atoms with Crippen molar-refractivity contribution in [3.05, 3.63) is 35.4 Å². The highest BCUT2D eigenvalue weighted by atomic mass is 19.4. The molecule has 182 valence electrons. The zero-order valence-electron chi connectivity index (χ0n) is 19.0. The maximum atomic E-state index is 13.8. The van der Waals surface area contributed by atoms with Crippen LogP contribution in [0.5, 0.6) is 0 Å². The molecule has 5 nitrogen and oxygen atoms in total. The molecule has 3 saturated heterocycles. The number of alkyl halides is 3. The van der Waals surface area contributed by atoms with Crippen LogP contribution in [0.2, 0.25) is 0 Å². The number of fused-ring (bicyclic) bond motifs is 1.